The molecule has 1 aliphatic rings. The maximum atomic E-state index is 12.4. The second kappa shape index (κ2) is 11.5. The van der Waals surface area contributed by atoms with Crippen LogP contribution in [-0.4, -0.2) is 33.9 Å². The summed E-state index contributed by atoms with van der Waals surface area (Å²) in [4.78, 5) is 28.4. The molecule has 3 aromatic heterocycles. The molecule has 3 aromatic rings. The minimum atomic E-state index is -0.234. The zero-order valence-corrected chi connectivity index (χ0v) is 21.0. The van der Waals surface area contributed by atoms with Gasteiger partial charge in [0.05, 0.1) is 5.75 Å². The number of amides is 1. The first kappa shape index (κ1) is 24.3. The lowest BCUT2D eigenvalue weighted by Crippen LogP contribution is -2.34. The molecule has 7 nitrogen and oxygen atoms in total. The molecule has 0 aliphatic heterocycles. The minimum absolute atomic E-state index is 0.234. The van der Waals surface area contributed by atoms with Gasteiger partial charge in [0.1, 0.15) is 11.6 Å². The molecule has 8 heteroatoms. The first-order valence-corrected chi connectivity index (χ1v) is 13.0. The Morgan fingerprint density at radius 3 is 2.65 bits per heavy atom. The van der Waals surface area contributed by atoms with Crippen molar-refractivity contribution in [2.45, 2.75) is 75.4 Å². The van der Waals surface area contributed by atoms with E-state index < -0.39 is 0 Å². The lowest BCUT2D eigenvalue weighted by Gasteiger charge is -2.32. The van der Waals surface area contributed by atoms with E-state index >= 15 is 0 Å². The summed E-state index contributed by atoms with van der Waals surface area (Å²) in [7, 11) is 2.15. The third-order valence-electron chi connectivity index (χ3n) is 6.22. The van der Waals surface area contributed by atoms with Crippen LogP contribution in [0, 0.1) is 0 Å². The zero-order valence-electron chi connectivity index (χ0n) is 20.2. The second-order valence-electron chi connectivity index (χ2n) is 9.08. The Balaban J connectivity index is 1.39. The molecule has 34 heavy (non-hydrogen) atoms. The minimum Gasteiger partial charge on any atom is -0.455 e. The number of rotatable bonds is 9. The molecule has 0 saturated heterocycles. The number of pyridine rings is 1. The van der Waals surface area contributed by atoms with Crippen LogP contribution in [0.4, 0.5) is 5.82 Å². The summed E-state index contributed by atoms with van der Waals surface area (Å²) in [5, 5.41) is 3.62. The summed E-state index contributed by atoms with van der Waals surface area (Å²) in [5.74, 6) is 2.66. The largest absolute Gasteiger partial charge is 0.455 e. The Kier molecular flexibility index (Phi) is 8.21. The smallest absolute Gasteiger partial charge is 0.287 e. The predicted octanol–water partition coefficient (Wildman–Crippen LogP) is 5.58. The number of nitrogens with one attached hydrogen (secondary N) is 1. The van der Waals surface area contributed by atoms with Crippen LogP contribution in [0.5, 0.6) is 0 Å². The van der Waals surface area contributed by atoms with E-state index in [0.717, 1.165) is 28.0 Å². The van der Waals surface area contributed by atoms with Gasteiger partial charge >= 0.3 is 0 Å². The molecule has 1 amide bonds. The van der Waals surface area contributed by atoms with Gasteiger partial charge in [-0.1, -0.05) is 44.9 Å². The molecule has 1 aliphatic carbocycles. The zero-order chi connectivity index (χ0) is 23.9. The Morgan fingerprint density at radius 2 is 1.91 bits per heavy atom. The summed E-state index contributed by atoms with van der Waals surface area (Å²) in [6, 6.07) is 9.97. The molecule has 0 radical (unpaired) electrons. The van der Waals surface area contributed by atoms with E-state index in [-0.39, 0.29) is 5.91 Å². The fraction of sp³-hybridized carbons (Fsp3) is 0.462. The third-order valence-corrected chi connectivity index (χ3v) is 7.09. The standard InChI is InChI=1S/C26H33N5O2S/c1-18(2)22-15-24(31(3)20-7-5-4-6-8-20)30-26(29-22)34-17-21-9-10-23(33-21)25(32)28-16-19-11-13-27-14-12-19/h9-15,18,20H,4-8,16-17H2,1-3H3,(H,28,32). The molecule has 0 aromatic carbocycles. The summed E-state index contributed by atoms with van der Waals surface area (Å²) in [5.41, 5.74) is 2.03. The van der Waals surface area contributed by atoms with Crippen molar-refractivity contribution in [1.82, 2.24) is 20.3 Å². The van der Waals surface area contributed by atoms with E-state index in [1.807, 2.05) is 18.2 Å². The van der Waals surface area contributed by atoms with E-state index in [2.05, 4.69) is 42.2 Å². The number of furan rings is 1. The molecule has 180 valence electrons. The van der Waals surface area contributed by atoms with Crippen molar-refractivity contribution in [3.8, 4) is 0 Å². The number of nitrogens with zero attached hydrogens (tertiary/aromatic N) is 4. The predicted molar refractivity (Wildman–Crippen MR) is 135 cm³/mol. The first-order valence-electron chi connectivity index (χ1n) is 12.0. The van der Waals surface area contributed by atoms with Crippen LogP contribution in [-0.2, 0) is 12.3 Å². The molecule has 3 heterocycles. The van der Waals surface area contributed by atoms with E-state index in [4.69, 9.17) is 14.4 Å². The highest BCUT2D eigenvalue weighted by molar-refractivity contribution is 7.98. The SMILES string of the molecule is CC(C)c1cc(N(C)C2CCCCC2)nc(SCc2ccc(C(=O)NCc3ccncc3)o2)n1. The van der Waals surface area contributed by atoms with Crippen molar-refractivity contribution in [3.63, 3.8) is 0 Å². The number of aromatic nitrogens is 3. The Hall–Kier alpha value is -2.87. The molecular weight excluding hydrogens is 446 g/mol. The van der Waals surface area contributed by atoms with Crippen LogP contribution < -0.4 is 10.2 Å². The van der Waals surface area contributed by atoms with Crippen LogP contribution in [0.1, 0.15) is 79.4 Å². The summed E-state index contributed by atoms with van der Waals surface area (Å²) < 4.78 is 5.79. The molecule has 1 saturated carbocycles. The number of carbonyl (C=O) groups excluding carboxylic acids is 1. The number of hydrogen-bond acceptors (Lipinski definition) is 7. The molecule has 0 atom stereocenters. The van der Waals surface area contributed by atoms with Crippen molar-refractivity contribution < 1.29 is 9.21 Å². The van der Waals surface area contributed by atoms with Crippen molar-refractivity contribution in [2.75, 3.05) is 11.9 Å². The van der Waals surface area contributed by atoms with E-state index in [1.165, 1.54) is 43.9 Å². The van der Waals surface area contributed by atoms with Crippen molar-refractivity contribution in [3.05, 3.63) is 65.5 Å². The van der Waals surface area contributed by atoms with Crippen LogP contribution in [0.25, 0.3) is 0 Å². The van der Waals surface area contributed by atoms with E-state index in [9.17, 15) is 4.79 Å². The highest BCUT2D eigenvalue weighted by atomic mass is 32.2. The molecule has 0 unspecified atom stereocenters. The van der Waals surface area contributed by atoms with Crippen molar-refractivity contribution in [2.24, 2.45) is 0 Å². The maximum absolute atomic E-state index is 12.4. The Morgan fingerprint density at radius 1 is 1.15 bits per heavy atom. The lowest BCUT2D eigenvalue weighted by molar-refractivity contribution is 0.0921. The van der Waals surface area contributed by atoms with Crippen molar-refractivity contribution in [1.29, 1.82) is 0 Å². The average Bonchev–Trinajstić information content (AvgIpc) is 3.36. The fourth-order valence-corrected chi connectivity index (χ4v) is 4.86. The summed E-state index contributed by atoms with van der Waals surface area (Å²) in [6.07, 6.45) is 9.76. The van der Waals surface area contributed by atoms with Crippen molar-refractivity contribution >= 4 is 23.5 Å². The van der Waals surface area contributed by atoms with Crippen LogP contribution in [0.3, 0.4) is 0 Å². The molecule has 1 fully saturated rings. The maximum Gasteiger partial charge on any atom is 0.287 e. The number of hydrogen-bond donors (Lipinski definition) is 1. The normalized spacial score (nSPS) is 14.4. The van der Waals surface area contributed by atoms with Gasteiger partial charge in [0.25, 0.3) is 5.91 Å². The molecule has 1 N–H and O–H groups in total. The van der Waals surface area contributed by atoms with Gasteiger partial charge in [0.15, 0.2) is 10.9 Å². The first-order chi connectivity index (χ1) is 16.5. The Bertz CT molecular complexity index is 1080. The van der Waals surface area contributed by atoms with Crippen LogP contribution >= 0.6 is 11.8 Å². The molecule has 0 bridgehead atoms. The van der Waals surface area contributed by atoms with E-state index in [1.54, 1.807) is 18.5 Å². The molecule has 0 spiro atoms. The van der Waals surface area contributed by atoms with Gasteiger partial charge in [-0.2, -0.15) is 0 Å². The molecular formula is C26H33N5O2S. The average molecular weight is 480 g/mol. The summed E-state index contributed by atoms with van der Waals surface area (Å²) in [6.45, 7) is 4.74. The highest BCUT2D eigenvalue weighted by Crippen LogP contribution is 2.29. The topological polar surface area (TPSA) is 84.2 Å². The van der Waals surface area contributed by atoms with Gasteiger partial charge in [-0.3, -0.25) is 9.78 Å². The van der Waals surface area contributed by atoms with Gasteiger partial charge in [0, 0.05) is 43.8 Å². The van der Waals surface area contributed by atoms with Gasteiger partial charge in [0.2, 0.25) is 0 Å². The number of thioether (sulfide) groups is 1. The molecule has 4 rings (SSSR count). The van der Waals surface area contributed by atoms with Gasteiger partial charge in [-0.05, 0) is 48.6 Å². The third kappa shape index (κ3) is 6.38. The van der Waals surface area contributed by atoms with Crippen LogP contribution in [0.2, 0.25) is 0 Å². The number of carbonyl (C=O) groups is 1. The highest BCUT2D eigenvalue weighted by Gasteiger charge is 2.21. The van der Waals surface area contributed by atoms with E-state index in [0.29, 0.717) is 30.0 Å². The van der Waals surface area contributed by atoms with Gasteiger partial charge < -0.3 is 14.6 Å². The quantitative estimate of drug-likeness (QED) is 0.317. The second-order valence-corrected chi connectivity index (χ2v) is 10.0. The lowest BCUT2D eigenvalue weighted by atomic mass is 9.94. The van der Waals surface area contributed by atoms with Gasteiger partial charge in [-0.15, -0.1) is 0 Å². The Labute approximate surface area is 205 Å². The summed E-state index contributed by atoms with van der Waals surface area (Å²) >= 11 is 1.54. The van der Waals surface area contributed by atoms with Crippen LogP contribution in [0.15, 0.2) is 52.3 Å². The fourth-order valence-electron chi connectivity index (χ4n) is 4.11. The monoisotopic (exact) mass is 479 g/mol. The van der Waals surface area contributed by atoms with Gasteiger partial charge in [-0.25, -0.2) is 9.97 Å². The number of anilines is 1.